The third-order valence-electron chi connectivity index (χ3n) is 3.97. The second kappa shape index (κ2) is 3.47. The molecule has 3 heteroatoms. The van der Waals surface area contributed by atoms with Crippen LogP contribution < -0.4 is 10.6 Å². The molecule has 2 aliphatic rings. The van der Waals surface area contributed by atoms with Crippen LogP contribution in [0, 0.1) is 0 Å². The third kappa shape index (κ3) is 1.28. The van der Waals surface area contributed by atoms with Crippen molar-refractivity contribution in [2.75, 3.05) is 38.1 Å². The lowest BCUT2D eigenvalue weighted by Gasteiger charge is -2.54. The van der Waals surface area contributed by atoms with Gasteiger partial charge < -0.3 is 15.5 Å². The van der Waals surface area contributed by atoms with Crippen molar-refractivity contribution in [1.82, 2.24) is 4.90 Å². The first-order chi connectivity index (χ1) is 7.75. The van der Waals surface area contributed by atoms with Crippen molar-refractivity contribution in [2.24, 2.45) is 5.73 Å². The number of likely N-dealkylation sites (N-methyl/N-ethyl adjacent to an activating group) is 1. The Bertz CT molecular complexity index is 396. The molecule has 1 aromatic carbocycles. The van der Waals surface area contributed by atoms with Gasteiger partial charge in [-0.3, -0.25) is 0 Å². The van der Waals surface area contributed by atoms with Crippen LogP contribution in [0.4, 0.5) is 5.69 Å². The fourth-order valence-corrected chi connectivity index (χ4v) is 3.20. The van der Waals surface area contributed by atoms with Crippen molar-refractivity contribution in [2.45, 2.75) is 12.0 Å². The van der Waals surface area contributed by atoms with Crippen LogP contribution in [-0.4, -0.2) is 43.7 Å². The highest BCUT2D eigenvalue weighted by Gasteiger charge is 2.46. The van der Waals surface area contributed by atoms with Crippen molar-refractivity contribution >= 4 is 5.69 Å². The van der Waals surface area contributed by atoms with Crippen LogP contribution in [0.5, 0.6) is 0 Å². The number of para-hydroxylation sites is 1. The van der Waals surface area contributed by atoms with E-state index < -0.39 is 0 Å². The van der Waals surface area contributed by atoms with Gasteiger partial charge >= 0.3 is 0 Å². The molecule has 0 aliphatic carbocycles. The molecule has 0 atom stereocenters. The van der Waals surface area contributed by atoms with Crippen molar-refractivity contribution in [1.29, 1.82) is 0 Å². The molecule has 1 aromatic rings. The van der Waals surface area contributed by atoms with Crippen molar-refractivity contribution < 1.29 is 0 Å². The zero-order chi connectivity index (χ0) is 11.2. The molecule has 2 heterocycles. The number of rotatable bonds is 2. The summed E-state index contributed by atoms with van der Waals surface area (Å²) in [6.07, 6.45) is 1.17. The second-order valence-corrected chi connectivity index (χ2v) is 5.13. The topological polar surface area (TPSA) is 32.5 Å². The number of fused-ring (bicyclic) bond motifs is 1. The van der Waals surface area contributed by atoms with E-state index in [2.05, 4.69) is 41.1 Å². The highest BCUT2D eigenvalue weighted by Crippen LogP contribution is 2.37. The summed E-state index contributed by atoms with van der Waals surface area (Å²) in [4.78, 5) is 4.87. The Morgan fingerprint density at radius 3 is 2.75 bits per heavy atom. The number of nitrogens with two attached hydrogens (primary N) is 1. The van der Waals surface area contributed by atoms with Gasteiger partial charge in [-0.2, -0.15) is 0 Å². The Kier molecular flexibility index (Phi) is 2.19. The number of hydrogen-bond donors (Lipinski definition) is 1. The molecule has 3 nitrogen and oxygen atoms in total. The SMILES string of the molecule is CN1CC(CN)(N2CCc3ccccc32)C1. The number of nitrogens with zero attached hydrogens (tertiary/aromatic N) is 2. The molecule has 1 fully saturated rings. The van der Waals surface area contributed by atoms with Gasteiger partial charge in [-0.05, 0) is 25.1 Å². The molecule has 2 aliphatic heterocycles. The average molecular weight is 217 g/mol. The summed E-state index contributed by atoms with van der Waals surface area (Å²) in [5.41, 5.74) is 9.08. The van der Waals surface area contributed by atoms with Gasteiger partial charge in [0.25, 0.3) is 0 Å². The Balaban J connectivity index is 1.92. The molecule has 0 bridgehead atoms. The van der Waals surface area contributed by atoms with E-state index in [0.717, 1.165) is 26.2 Å². The fourth-order valence-electron chi connectivity index (χ4n) is 3.20. The molecule has 0 radical (unpaired) electrons. The van der Waals surface area contributed by atoms with E-state index in [1.165, 1.54) is 17.7 Å². The molecule has 16 heavy (non-hydrogen) atoms. The Hall–Kier alpha value is -1.06. The lowest BCUT2D eigenvalue weighted by molar-refractivity contribution is 0.0987. The predicted molar refractivity (Wildman–Crippen MR) is 66.8 cm³/mol. The van der Waals surface area contributed by atoms with Gasteiger partial charge in [-0.25, -0.2) is 0 Å². The van der Waals surface area contributed by atoms with Gasteiger partial charge in [0.15, 0.2) is 0 Å². The molecule has 0 amide bonds. The summed E-state index contributed by atoms with van der Waals surface area (Å²) in [6.45, 7) is 4.08. The van der Waals surface area contributed by atoms with Crippen LogP contribution in [0.1, 0.15) is 5.56 Å². The van der Waals surface area contributed by atoms with E-state index in [1.807, 2.05) is 0 Å². The van der Waals surface area contributed by atoms with E-state index >= 15 is 0 Å². The summed E-state index contributed by atoms with van der Waals surface area (Å²) < 4.78 is 0. The Morgan fingerprint density at radius 2 is 2.06 bits per heavy atom. The standard InChI is InChI=1S/C13H19N3/c1-15-9-13(8-14,10-15)16-7-6-11-4-2-3-5-12(11)16/h2-5H,6-10,14H2,1H3. The molecule has 0 aromatic heterocycles. The maximum atomic E-state index is 6.00. The minimum absolute atomic E-state index is 0.196. The highest BCUT2D eigenvalue weighted by molar-refractivity contribution is 5.60. The van der Waals surface area contributed by atoms with Gasteiger partial charge in [-0.15, -0.1) is 0 Å². The molecule has 0 unspecified atom stereocenters. The highest BCUT2D eigenvalue weighted by atomic mass is 15.4. The van der Waals surface area contributed by atoms with Crippen molar-refractivity contribution in [3.05, 3.63) is 29.8 Å². The summed E-state index contributed by atoms with van der Waals surface area (Å²) in [7, 11) is 2.16. The normalized spacial score (nSPS) is 23.0. The maximum Gasteiger partial charge on any atom is 0.0776 e. The van der Waals surface area contributed by atoms with E-state index in [0.29, 0.717) is 0 Å². The third-order valence-corrected chi connectivity index (χ3v) is 3.97. The van der Waals surface area contributed by atoms with Crippen LogP contribution in [0.3, 0.4) is 0 Å². The minimum Gasteiger partial charge on any atom is -0.361 e. The van der Waals surface area contributed by atoms with Gasteiger partial charge in [0.2, 0.25) is 0 Å². The van der Waals surface area contributed by atoms with Crippen LogP contribution in [0.2, 0.25) is 0 Å². The summed E-state index contributed by atoms with van der Waals surface area (Å²) in [6, 6.07) is 8.73. The Morgan fingerprint density at radius 1 is 1.31 bits per heavy atom. The van der Waals surface area contributed by atoms with E-state index in [-0.39, 0.29) is 5.54 Å². The molecular formula is C13H19N3. The molecular weight excluding hydrogens is 198 g/mol. The lowest BCUT2D eigenvalue weighted by Crippen LogP contribution is -2.72. The number of anilines is 1. The van der Waals surface area contributed by atoms with Gasteiger partial charge in [0, 0.05) is 31.9 Å². The maximum absolute atomic E-state index is 6.00. The zero-order valence-corrected chi connectivity index (χ0v) is 9.82. The molecule has 3 rings (SSSR count). The van der Waals surface area contributed by atoms with Crippen LogP contribution in [0.25, 0.3) is 0 Å². The first kappa shape index (κ1) is 10.1. The largest absolute Gasteiger partial charge is 0.361 e. The van der Waals surface area contributed by atoms with Gasteiger partial charge in [-0.1, -0.05) is 18.2 Å². The van der Waals surface area contributed by atoms with E-state index in [9.17, 15) is 0 Å². The molecule has 2 N–H and O–H groups in total. The monoisotopic (exact) mass is 217 g/mol. The first-order valence-corrected chi connectivity index (χ1v) is 5.99. The zero-order valence-electron chi connectivity index (χ0n) is 9.82. The quantitative estimate of drug-likeness (QED) is 0.791. The van der Waals surface area contributed by atoms with Gasteiger partial charge in [0.05, 0.1) is 5.54 Å². The molecule has 1 saturated heterocycles. The van der Waals surface area contributed by atoms with E-state index in [4.69, 9.17) is 5.73 Å². The Labute approximate surface area is 96.8 Å². The first-order valence-electron chi connectivity index (χ1n) is 5.99. The van der Waals surface area contributed by atoms with E-state index in [1.54, 1.807) is 0 Å². The molecule has 0 saturated carbocycles. The molecule has 86 valence electrons. The predicted octanol–water partition coefficient (Wildman–Crippen LogP) is 0.692. The average Bonchev–Trinajstić information content (AvgIpc) is 2.68. The summed E-state index contributed by atoms with van der Waals surface area (Å²) >= 11 is 0. The van der Waals surface area contributed by atoms with Crippen LogP contribution >= 0.6 is 0 Å². The van der Waals surface area contributed by atoms with Crippen LogP contribution in [-0.2, 0) is 6.42 Å². The van der Waals surface area contributed by atoms with Gasteiger partial charge in [0.1, 0.15) is 0 Å². The number of benzene rings is 1. The fraction of sp³-hybridized carbons (Fsp3) is 0.538. The number of likely N-dealkylation sites (tertiary alicyclic amines) is 1. The van der Waals surface area contributed by atoms with Crippen molar-refractivity contribution in [3.63, 3.8) is 0 Å². The molecule has 0 spiro atoms. The van der Waals surface area contributed by atoms with Crippen molar-refractivity contribution in [3.8, 4) is 0 Å². The van der Waals surface area contributed by atoms with Crippen LogP contribution in [0.15, 0.2) is 24.3 Å². The smallest absolute Gasteiger partial charge is 0.0776 e. The minimum atomic E-state index is 0.196. The summed E-state index contributed by atoms with van der Waals surface area (Å²) in [5, 5.41) is 0. The number of hydrogen-bond acceptors (Lipinski definition) is 3. The summed E-state index contributed by atoms with van der Waals surface area (Å²) in [5.74, 6) is 0. The lowest BCUT2D eigenvalue weighted by atomic mass is 9.88. The second-order valence-electron chi connectivity index (χ2n) is 5.13.